The molecule has 3 heterocycles. The van der Waals surface area contributed by atoms with Crippen LogP contribution < -0.4 is 5.73 Å². The Morgan fingerprint density at radius 1 is 1.19 bits per heavy atom. The van der Waals surface area contributed by atoms with Gasteiger partial charge in [0.25, 0.3) is 0 Å². The molecule has 1 aliphatic carbocycles. The topological polar surface area (TPSA) is 129 Å². The number of benzene rings is 1. The van der Waals surface area contributed by atoms with Gasteiger partial charge in [-0.05, 0) is 67.9 Å². The molecule has 2 aliphatic rings. The van der Waals surface area contributed by atoms with E-state index < -0.39 is 0 Å². The molecule has 36 heavy (non-hydrogen) atoms. The van der Waals surface area contributed by atoms with Crippen LogP contribution in [-0.2, 0) is 11.2 Å². The van der Waals surface area contributed by atoms with Crippen LogP contribution in [-0.4, -0.2) is 55.8 Å². The normalized spacial score (nSPS) is 17.7. The quantitative estimate of drug-likeness (QED) is 0.503. The third-order valence-electron chi connectivity index (χ3n) is 6.71. The number of fused-ring (bicyclic) bond motifs is 1. The van der Waals surface area contributed by atoms with Crippen LogP contribution >= 0.6 is 0 Å². The number of rotatable bonds is 2. The van der Waals surface area contributed by atoms with Gasteiger partial charge < -0.3 is 21.1 Å². The number of anilines is 1. The van der Waals surface area contributed by atoms with Crippen molar-refractivity contribution in [2.75, 3.05) is 18.8 Å². The van der Waals surface area contributed by atoms with Gasteiger partial charge in [0, 0.05) is 49.2 Å². The van der Waals surface area contributed by atoms with Crippen molar-refractivity contribution >= 4 is 17.6 Å². The van der Waals surface area contributed by atoms with Crippen molar-refractivity contribution in [2.24, 2.45) is 0 Å². The number of nitrogens with one attached hydrogen (secondary N) is 1. The van der Waals surface area contributed by atoms with Crippen molar-refractivity contribution in [3.63, 3.8) is 0 Å². The number of aryl methyl sites for hydroxylation is 1. The minimum absolute atomic E-state index is 0.0273. The third kappa shape index (κ3) is 5.73. The number of carbonyl (C=O) groups is 1. The predicted octanol–water partition coefficient (Wildman–Crippen LogP) is 3.66. The molecule has 4 N–H and O–H groups in total. The fourth-order valence-electron chi connectivity index (χ4n) is 4.91. The van der Waals surface area contributed by atoms with Crippen LogP contribution in [0.15, 0.2) is 42.7 Å². The number of halogens is 1. The number of nitrogens with zero attached hydrogens (tertiary/aromatic N) is 4. The smallest absolute Gasteiger partial charge is 0.220 e. The van der Waals surface area contributed by atoms with Gasteiger partial charge >= 0.3 is 0 Å². The average molecular weight is 491 g/mol. The number of hydrogen-bond donors (Lipinski definition) is 3. The molecule has 1 amide bonds. The number of nitrogen functional groups attached to an aromatic ring is 1. The molecule has 1 atom stereocenters. The lowest BCUT2D eigenvalue weighted by molar-refractivity contribution is -0.130. The molecule has 0 bridgehead atoms. The number of aliphatic hydroxyl groups excluding tert-OH is 1. The van der Waals surface area contributed by atoms with Gasteiger partial charge in [-0.25, -0.2) is 14.4 Å². The van der Waals surface area contributed by atoms with Gasteiger partial charge in [0.2, 0.25) is 11.9 Å². The molecule has 2 aromatic heterocycles. The highest BCUT2D eigenvalue weighted by atomic mass is 19.1. The number of aliphatic hydroxyl groups is 1. The van der Waals surface area contributed by atoms with Crippen LogP contribution in [0.25, 0.3) is 11.1 Å². The van der Waals surface area contributed by atoms with Crippen LogP contribution in [0, 0.1) is 18.2 Å². The van der Waals surface area contributed by atoms with E-state index in [-0.39, 0.29) is 29.7 Å². The van der Waals surface area contributed by atoms with Gasteiger partial charge in [-0.3, -0.25) is 9.78 Å². The molecule has 0 spiro atoms. The number of hydrogen-bond acceptors (Lipinski definition) is 7. The highest BCUT2D eigenvalue weighted by Gasteiger charge is 2.29. The Labute approximate surface area is 209 Å². The molecule has 1 aliphatic heterocycles. The summed E-state index contributed by atoms with van der Waals surface area (Å²) in [7, 11) is 0. The molecule has 1 unspecified atom stereocenters. The summed E-state index contributed by atoms with van der Waals surface area (Å²) in [6.45, 7) is 4.86. The Hall–Kier alpha value is -3.72. The maximum absolute atomic E-state index is 13.9. The first-order valence-corrected chi connectivity index (χ1v) is 12.1. The van der Waals surface area contributed by atoms with Gasteiger partial charge in [0.1, 0.15) is 5.82 Å². The minimum atomic E-state index is -0.290. The highest BCUT2D eigenvalue weighted by Crippen LogP contribution is 2.38. The van der Waals surface area contributed by atoms with Crippen molar-refractivity contribution in [1.29, 1.82) is 5.41 Å². The summed E-state index contributed by atoms with van der Waals surface area (Å²) >= 11 is 0. The van der Waals surface area contributed by atoms with Crippen molar-refractivity contribution < 1.29 is 14.3 Å². The van der Waals surface area contributed by atoms with E-state index >= 15 is 0 Å². The van der Waals surface area contributed by atoms with Crippen LogP contribution in [0.4, 0.5) is 10.3 Å². The number of amides is 1. The first-order chi connectivity index (χ1) is 17.2. The number of aromatic nitrogens is 3. The number of pyridine rings is 1. The number of nitrogens with two attached hydrogens (primary N) is 1. The molecule has 0 radical (unpaired) electrons. The van der Waals surface area contributed by atoms with E-state index in [9.17, 15) is 9.18 Å². The van der Waals surface area contributed by atoms with Crippen molar-refractivity contribution in [1.82, 2.24) is 19.9 Å². The summed E-state index contributed by atoms with van der Waals surface area (Å²) in [6, 6.07) is 8.55. The molecule has 3 aromatic rings. The maximum Gasteiger partial charge on any atom is 0.220 e. The molecule has 8 nitrogen and oxygen atoms in total. The molecule has 1 fully saturated rings. The molecule has 5 rings (SSSR count). The summed E-state index contributed by atoms with van der Waals surface area (Å²) in [5.74, 6) is 0.0778. The largest absolute Gasteiger partial charge is 0.393 e. The summed E-state index contributed by atoms with van der Waals surface area (Å²) in [4.78, 5) is 25.2. The fourth-order valence-corrected chi connectivity index (χ4v) is 4.91. The number of piperidine rings is 1. The molecular weight excluding hydrogens is 459 g/mol. The van der Waals surface area contributed by atoms with E-state index in [0.717, 1.165) is 59.6 Å². The van der Waals surface area contributed by atoms with E-state index in [1.54, 1.807) is 30.3 Å². The van der Waals surface area contributed by atoms with Gasteiger partial charge in [0.15, 0.2) is 0 Å². The summed E-state index contributed by atoms with van der Waals surface area (Å²) < 4.78 is 13.9. The number of carbonyl (C=O) groups excluding carboxylic acids is 1. The second-order valence-electron chi connectivity index (χ2n) is 9.28. The maximum atomic E-state index is 13.9. The number of likely N-dealkylation sites (tertiary alicyclic amines) is 1. The third-order valence-corrected chi connectivity index (χ3v) is 6.71. The first kappa shape index (κ1) is 25.4. The molecule has 9 heteroatoms. The Morgan fingerprint density at radius 2 is 1.94 bits per heavy atom. The average Bonchev–Trinajstić information content (AvgIpc) is 2.84. The second kappa shape index (κ2) is 10.9. The van der Waals surface area contributed by atoms with Crippen LogP contribution in [0.1, 0.15) is 54.6 Å². The monoisotopic (exact) mass is 490 g/mol. The van der Waals surface area contributed by atoms with Crippen LogP contribution in [0.3, 0.4) is 0 Å². The Balaban J connectivity index is 0.000000256. The van der Waals surface area contributed by atoms with Crippen LogP contribution in [0.5, 0.6) is 0 Å². The van der Waals surface area contributed by atoms with Crippen molar-refractivity contribution in [3.8, 4) is 11.1 Å². The highest BCUT2D eigenvalue weighted by molar-refractivity contribution is 6.01. The first-order valence-electron chi connectivity index (χ1n) is 12.1. The zero-order chi connectivity index (χ0) is 25.8. The molecule has 1 aromatic carbocycles. The second-order valence-corrected chi connectivity index (χ2v) is 9.28. The van der Waals surface area contributed by atoms with E-state index in [2.05, 4.69) is 15.0 Å². The van der Waals surface area contributed by atoms with E-state index in [1.165, 1.54) is 12.1 Å². The van der Waals surface area contributed by atoms with Gasteiger partial charge in [-0.15, -0.1) is 0 Å². The Kier molecular flexibility index (Phi) is 7.69. The zero-order valence-corrected chi connectivity index (χ0v) is 20.5. The Bertz CT molecular complexity index is 1260. The van der Waals surface area contributed by atoms with Gasteiger partial charge in [0.05, 0.1) is 17.5 Å². The lowest BCUT2D eigenvalue weighted by Gasteiger charge is -2.28. The van der Waals surface area contributed by atoms with Gasteiger partial charge in [-0.2, -0.15) is 0 Å². The van der Waals surface area contributed by atoms with Gasteiger partial charge in [-0.1, -0.05) is 12.1 Å². The molecule has 188 valence electrons. The lowest BCUT2D eigenvalue weighted by Crippen LogP contribution is -2.38. The summed E-state index contributed by atoms with van der Waals surface area (Å²) in [6.07, 6.45) is 5.90. The molecule has 0 saturated carbocycles. The predicted molar refractivity (Wildman–Crippen MR) is 136 cm³/mol. The lowest BCUT2D eigenvalue weighted by atomic mass is 9.78. The van der Waals surface area contributed by atoms with E-state index in [4.69, 9.17) is 16.2 Å². The zero-order valence-electron chi connectivity index (χ0n) is 20.5. The van der Waals surface area contributed by atoms with Crippen LogP contribution in [0.2, 0.25) is 0 Å². The summed E-state index contributed by atoms with van der Waals surface area (Å²) in [5, 5.41) is 17.5. The molecular formula is C27H31FN6O2. The SMILES string of the molecule is CC(=O)N1CCC(O)CC1.Cc1nc(N)nc2c1C(=N)CC(c1ccc(F)cc1-c1cccnc1)C2. The standard InChI is InChI=1S/C20H18FN5.C7H13NO2/c1-11-19-17(22)7-13(8-18(19)26-20(23)25-11)15-5-4-14(21)9-16(15)12-3-2-6-24-10-12;1-6(9)8-4-2-7(10)3-5-8/h2-6,9-10,13,22H,7-8H2,1H3,(H2,23,25,26);7,10H,2-5H2,1H3. The van der Waals surface area contributed by atoms with E-state index in [1.807, 2.05) is 19.1 Å². The van der Waals surface area contributed by atoms with E-state index in [0.29, 0.717) is 18.6 Å². The van der Waals surface area contributed by atoms with Crippen molar-refractivity contribution in [3.05, 3.63) is 71.1 Å². The molecule has 1 saturated heterocycles. The van der Waals surface area contributed by atoms with Crippen molar-refractivity contribution in [2.45, 2.75) is 51.6 Å². The summed E-state index contributed by atoms with van der Waals surface area (Å²) in [5.41, 5.74) is 11.3. The fraction of sp³-hybridized carbons (Fsp3) is 0.370. The Morgan fingerprint density at radius 3 is 2.61 bits per heavy atom. The minimum Gasteiger partial charge on any atom is -0.393 e.